The van der Waals surface area contributed by atoms with E-state index in [1.54, 1.807) is 6.92 Å². The minimum atomic E-state index is -3.77. The number of likely N-dealkylation sites (N-methyl/N-ethyl adjacent to an activating group) is 1. The SMILES string of the molecule is CCN(CCOC)S(=O)(=O)c1ccc(C(=O)O)cc1OC. The van der Waals surface area contributed by atoms with Crippen molar-refractivity contribution in [1.29, 1.82) is 0 Å². The van der Waals surface area contributed by atoms with Crippen molar-refractivity contribution in [3.05, 3.63) is 23.8 Å². The van der Waals surface area contributed by atoms with Gasteiger partial charge in [0.05, 0.1) is 19.3 Å². The van der Waals surface area contributed by atoms with E-state index >= 15 is 0 Å². The first kappa shape index (κ1) is 17.4. The number of rotatable bonds is 8. The van der Waals surface area contributed by atoms with Gasteiger partial charge in [-0.05, 0) is 18.2 Å². The van der Waals surface area contributed by atoms with E-state index in [-0.39, 0.29) is 35.9 Å². The van der Waals surface area contributed by atoms with Crippen molar-refractivity contribution in [3.63, 3.8) is 0 Å². The molecule has 7 nitrogen and oxygen atoms in total. The lowest BCUT2D eigenvalue weighted by Gasteiger charge is -2.21. The molecule has 8 heteroatoms. The van der Waals surface area contributed by atoms with E-state index in [9.17, 15) is 13.2 Å². The second kappa shape index (κ2) is 7.39. The lowest BCUT2D eigenvalue weighted by molar-refractivity contribution is 0.0696. The van der Waals surface area contributed by atoms with E-state index in [0.717, 1.165) is 0 Å². The summed E-state index contributed by atoms with van der Waals surface area (Å²) in [6.07, 6.45) is 0. The van der Waals surface area contributed by atoms with Crippen LogP contribution in [-0.4, -0.2) is 57.7 Å². The van der Waals surface area contributed by atoms with E-state index in [1.807, 2.05) is 0 Å². The molecule has 1 aromatic carbocycles. The third kappa shape index (κ3) is 3.93. The number of nitrogens with zero attached hydrogens (tertiary/aromatic N) is 1. The minimum absolute atomic E-state index is 0.00534. The Bertz CT molecular complexity index is 599. The van der Waals surface area contributed by atoms with Gasteiger partial charge in [-0.25, -0.2) is 13.2 Å². The van der Waals surface area contributed by atoms with E-state index in [4.69, 9.17) is 14.6 Å². The summed E-state index contributed by atoms with van der Waals surface area (Å²) in [5.74, 6) is -1.14. The number of hydrogen-bond donors (Lipinski definition) is 1. The van der Waals surface area contributed by atoms with E-state index in [1.165, 1.54) is 36.7 Å². The Morgan fingerprint density at radius 1 is 1.33 bits per heavy atom. The molecule has 1 aromatic rings. The van der Waals surface area contributed by atoms with Gasteiger partial charge in [-0.1, -0.05) is 6.92 Å². The van der Waals surface area contributed by atoms with Crippen LogP contribution in [0.1, 0.15) is 17.3 Å². The van der Waals surface area contributed by atoms with Gasteiger partial charge in [-0.2, -0.15) is 4.31 Å². The van der Waals surface area contributed by atoms with E-state index < -0.39 is 16.0 Å². The molecule has 1 rings (SSSR count). The van der Waals surface area contributed by atoms with Crippen molar-refractivity contribution in [2.24, 2.45) is 0 Å². The number of carboxylic acid groups (broad SMARTS) is 1. The molecule has 0 aliphatic rings. The molecular formula is C13H19NO6S. The highest BCUT2D eigenvalue weighted by Crippen LogP contribution is 2.27. The lowest BCUT2D eigenvalue weighted by Crippen LogP contribution is -2.34. The second-order valence-corrected chi connectivity index (χ2v) is 6.07. The second-order valence-electron chi connectivity index (χ2n) is 4.16. The number of methoxy groups -OCH3 is 2. The van der Waals surface area contributed by atoms with Gasteiger partial charge in [0.1, 0.15) is 10.6 Å². The number of aromatic carboxylic acids is 1. The summed E-state index contributed by atoms with van der Waals surface area (Å²) in [6, 6.07) is 3.67. The predicted molar refractivity (Wildman–Crippen MR) is 76.3 cm³/mol. The topological polar surface area (TPSA) is 93.1 Å². The average molecular weight is 317 g/mol. The first-order valence-corrected chi connectivity index (χ1v) is 7.72. The molecule has 0 spiro atoms. The Morgan fingerprint density at radius 3 is 2.48 bits per heavy atom. The number of hydrogen-bond acceptors (Lipinski definition) is 5. The van der Waals surface area contributed by atoms with Crippen molar-refractivity contribution in [2.45, 2.75) is 11.8 Å². The summed E-state index contributed by atoms with van der Waals surface area (Å²) in [4.78, 5) is 10.9. The van der Waals surface area contributed by atoms with E-state index in [0.29, 0.717) is 0 Å². The Kier molecular flexibility index (Phi) is 6.13. The normalized spacial score (nSPS) is 11.6. The Balaban J connectivity index is 3.26. The van der Waals surface area contributed by atoms with Gasteiger partial charge in [0, 0.05) is 20.2 Å². The molecule has 0 aromatic heterocycles. The predicted octanol–water partition coefficient (Wildman–Crippen LogP) is 1.05. The molecular weight excluding hydrogens is 298 g/mol. The molecule has 0 aliphatic heterocycles. The van der Waals surface area contributed by atoms with Gasteiger partial charge in [0.2, 0.25) is 10.0 Å². The van der Waals surface area contributed by atoms with Crippen LogP contribution < -0.4 is 4.74 Å². The highest BCUT2D eigenvalue weighted by Gasteiger charge is 2.27. The maximum atomic E-state index is 12.6. The molecule has 0 bridgehead atoms. The van der Waals surface area contributed by atoms with Crippen molar-refractivity contribution in [2.75, 3.05) is 33.9 Å². The van der Waals surface area contributed by atoms with Crippen molar-refractivity contribution in [1.82, 2.24) is 4.31 Å². The maximum absolute atomic E-state index is 12.6. The molecule has 0 aliphatic carbocycles. The molecule has 21 heavy (non-hydrogen) atoms. The third-order valence-electron chi connectivity index (χ3n) is 2.93. The molecule has 0 fully saturated rings. The van der Waals surface area contributed by atoms with Crippen LogP contribution in [0.2, 0.25) is 0 Å². The smallest absolute Gasteiger partial charge is 0.335 e. The van der Waals surface area contributed by atoms with Gasteiger partial charge in [0.25, 0.3) is 0 Å². The van der Waals surface area contributed by atoms with Gasteiger partial charge in [-0.3, -0.25) is 0 Å². The number of benzene rings is 1. The molecule has 0 radical (unpaired) electrons. The van der Waals surface area contributed by atoms with Crippen LogP contribution in [-0.2, 0) is 14.8 Å². The van der Waals surface area contributed by atoms with Crippen molar-refractivity contribution >= 4 is 16.0 Å². The Hall–Kier alpha value is -1.64. The monoisotopic (exact) mass is 317 g/mol. The van der Waals surface area contributed by atoms with Gasteiger partial charge >= 0.3 is 5.97 Å². The van der Waals surface area contributed by atoms with Crippen molar-refractivity contribution < 1.29 is 27.8 Å². The number of sulfonamides is 1. The maximum Gasteiger partial charge on any atom is 0.335 e. The number of ether oxygens (including phenoxy) is 2. The largest absolute Gasteiger partial charge is 0.495 e. The minimum Gasteiger partial charge on any atom is -0.495 e. The fourth-order valence-corrected chi connectivity index (χ4v) is 3.36. The summed E-state index contributed by atoms with van der Waals surface area (Å²) in [5, 5.41) is 8.94. The summed E-state index contributed by atoms with van der Waals surface area (Å²) < 4.78 is 36.3. The first-order chi connectivity index (χ1) is 9.88. The Morgan fingerprint density at radius 2 is 2.00 bits per heavy atom. The quantitative estimate of drug-likeness (QED) is 0.770. The Labute approximate surface area is 124 Å². The van der Waals surface area contributed by atoms with Gasteiger partial charge in [0.15, 0.2) is 0 Å². The molecule has 0 amide bonds. The van der Waals surface area contributed by atoms with Crippen LogP contribution in [0.5, 0.6) is 5.75 Å². The molecule has 0 unspecified atom stereocenters. The summed E-state index contributed by atoms with van der Waals surface area (Å²) in [7, 11) is -0.987. The zero-order chi connectivity index (χ0) is 16.0. The van der Waals surface area contributed by atoms with Crippen LogP contribution in [0, 0.1) is 0 Å². The lowest BCUT2D eigenvalue weighted by atomic mass is 10.2. The molecule has 1 N–H and O–H groups in total. The average Bonchev–Trinajstić information content (AvgIpc) is 2.46. The third-order valence-corrected chi connectivity index (χ3v) is 4.94. The molecule has 0 saturated heterocycles. The zero-order valence-corrected chi connectivity index (χ0v) is 13.0. The first-order valence-electron chi connectivity index (χ1n) is 6.28. The van der Waals surface area contributed by atoms with Crippen molar-refractivity contribution in [3.8, 4) is 5.75 Å². The van der Waals surface area contributed by atoms with Gasteiger partial charge in [-0.15, -0.1) is 0 Å². The summed E-state index contributed by atoms with van der Waals surface area (Å²) >= 11 is 0. The van der Waals surface area contributed by atoms with E-state index in [2.05, 4.69) is 0 Å². The fraction of sp³-hybridized carbons (Fsp3) is 0.462. The highest BCUT2D eigenvalue weighted by molar-refractivity contribution is 7.89. The van der Waals surface area contributed by atoms with Crippen LogP contribution in [0.3, 0.4) is 0 Å². The highest BCUT2D eigenvalue weighted by atomic mass is 32.2. The van der Waals surface area contributed by atoms with Crippen LogP contribution >= 0.6 is 0 Å². The molecule has 0 saturated carbocycles. The van der Waals surface area contributed by atoms with Gasteiger partial charge < -0.3 is 14.6 Å². The summed E-state index contributed by atoms with van der Waals surface area (Å²) in [6.45, 7) is 2.46. The van der Waals surface area contributed by atoms with Crippen LogP contribution in [0.25, 0.3) is 0 Å². The zero-order valence-electron chi connectivity index (χ0n) is 12.2. The standard InChI is InChI=1S/C13H19NO6S/c1-4-14(7-8-19-2)21(17,18)12-6-5-10(13(15)16)9-11(12)20-3/h5-6,9H,4,7-8H2,1-3H3,(H,15,16). The van der Waals surface area contributed by atoms with Crippen LogP contribution in [0.4, 0.5) is 0 Å². The molecule has 118 valence electrons. The molecule has 0 atom stereocenters. The summed E-state index contributed by atoms with van der Waals surface area (Å²) in [5.41, 5.74) is -0.0364. The fourth-order valence-electron chi connectivity index (χ4n) is 1.79. The number of carbonyl (C=O) groups is 1. The van der Waals surface area contributed by atoms with Crippen LogP contribution in [0.15, 0.2) is 23.1 Å². The molecule has 0 heterocycles. The number of carboxylic acids is 1.